The van der Waals surface area contributed by atoms with Gasteiger partial charge in [0.05, 0.1) is 0 Å². The number of amides is 1. The van der Waals surface area contributed by atoms with Crippen molar-refractivity contribution in [3.05, 3.63) is 0 Å². The van der Waals surface area contributed by atoms with Crippen molar-refractivity contribution in [3.63, 3.8) is 0 Å². The Balaban J connectivity index is 1.12. The molecule has 140 valence electrons. The molecule has 2 aliphatic heterocycles. The molecule has 0 radical (unpaired) electrons. The van der Waals surface area contributed by atoms with Crippen LogP contribution in [0, 0.1) is 29.1 Å². The van der Waals surface area contributed by atoms with Gasteiger partial charge in [-0.2, -0.15) is 11.8 Å². The van der Waals surface area contributed by atoms with Crippen molar-refractivity contribution in [3.8, 4) is 0 Å². The van der Waals surface area contributed by atoms with Crippen molar-refractivity contribution in [1.29, 1.82) is 0 Å². The first-order valence-corrected chi connectivity index (χ1v) is 12.0. The van der Waals surface area contributed by atoms with E-state index in [0.717, 1.165) is 30.3 Å². The van der Waals surface area contributed by atoms with E-state index in [1.54, 1.807) is 0 Å². The van der Waals surface area contributed by atoms with E-state index in [2.05, 4.69) is 22.0 Å². The Kier molecular flexibility index (Phi) is 4.56. The molecule has 4 heteroatoms. The molecule has 6 aliphatic rings. The van der Waals surface area contributed by atoms with E-state index in [9.17, 15) is 4.79 Å². The number of nitrogens with zero attached hydrogens (tertiary/aromatic N) is 1. The number of carbonyl (C=O) groups is 1. The highest BCUT2D eigenvalue weighted by atomic mass is 32.2. The Hall–Kier alpha value is -0.220. The van der Waals surface area contributed by atoms with Gasteiger partial charge in [0.1, 0.15) is 0 Å². The molecular formula is C21H34N2OS. The average molecular weight is 363 g/mol. The van der Waals surface area contributed by atoms with Gasteiger partial charge in [0, 0.05) is 23.8 Å². The fourth-order valence-electron chi connectivity index (χ4n) is 7.15. The molecule has 1 N–H and O–H groups in total. The van der Waals surface area contributed by atoms with Crippen molar-refractivity contribution in [2.75, 3.05) is 31.1 Å². The van der Waals surface area contributed by atoms with E-state index in [-0.39, 0.29) is 5.41 Å². The molecule has 0 aromatic carbocycles. The van der Waals surface area contributed by atoms with E-state index >= 15 is 0 Å². The van der Waals surface area contributed by atoms with Crippen LogP contribution in [-0.2, 0) is 4.79 Å². The molecule has 1 atom stereocenters. The lowest BCUT2D eigenvalue weighted by atomic mass is 9.49. The highest BCUT2D eigenvalue weighted by Crippen LogP contribution is 2.60. The van der Waals surface area contributed by atoms with Gasteiger partial charge in [-0.1, -0.05) is 0 Å². The second-order valence-electron chi connectivity index (χ2n) is 9.90. The van der Waals surface area contributed by atoms with Gasteiger partial charge in [-0.3, -0.25) is 9.69 Å². The summed E-state index contributed by atoms with van der Waals surface area (Å²) in [5.74, 6) is 6.43. The van der Waals surface area contributed by atoms with Gasteiger partial charge in [-0.25, -0.2) is 0 Å². The summed E-state index contributed by atoms with van der Waals surface area (Å²) in [6.07, 6.45) is 11.8. The number of likely N-dealkylation sites (tertiary alicyclic amines) is 1. The standard InChI is InChI=1S/C21H34N2OS/c24-20(21-10-16-7-17(11-21)9-18(8-16)12-21)22-13-15-1-4-23(5-2-15)19-3-6-25-14-19/h15-19H,1-14H2,(H,22,24)/t16?,17?,18?,19-,21?/m0/s1. The zero-order chi connectivity index (χ0) is 16.9. The number of rotatable bonds is 4. The van der Waals surface area contributed by atoms with Crippen LogP contribution < -0.4 is 5.32 Å². The molecule has 0 aromatic heterocycles. The minimum absolute atomic E-state index is 0.0382. The van der Waals surface area contributed by atoms with E-state index < -0.39 is 0 Å². The Labute approximate surface area is 157 Å². The van der Waals surface area contributed by atoms with Crippen LogP contribution in [-0.4, -0.2) is 48.0 Å². The van der Waals surface area contributed by atoms with E-state index in [1.165, 1.54) is 82.4 Å². The van der Waals surface area contributed by atoms with Gasteiger partial charge in [0.25, 0.3) is 0 Å². The topological polar surface area (TPSA) is 32.3 Å². The minimum Gasteiger partial charge on any atom is -0.355 e. The normalized spacial score (nSPS) is 44.3. The second-order valence-corrected chi connectivity index (χ2v) is 11.1. The highest BCUT2D eigenvalue weighted by Gasteiger charge is 2.54. The summed E-state index contributed by atoms with van der Waals surface area (Å²) in [4.78, 5) is 15.8. The van der Waals surface area contributed by atoms with Crippen LogP contribution in [0.5, 0.6) is 0 Å². The predicted molar refractivity (Wildman–Crippen MR) is 104 cm³/mol. The van der Waals surface area contributed by atoms with Gasteiger partial charge in [0.15, 0.2) is 0 Å². The molecule has 6 rings (SSSR count). The smallest absolute Gasteiger partial charge is 0.226 e. The third-order valence-electron chi connectivity index (χ3n) is 8.14. The quantitative estimate of drug-likeness (QED) is 0.830. The summed E-state index contributed by atoms with van der Waals surface area (Å²) < 4.78 is 0. The molecule has 1 amide bonds. The third kappa shape index (κ3) is 3.26. The summed E-state index contributed by atoms with van der Waals surface area (Å²) in [5.41, 5.74) is 0.0382. The molecule has 6 fully saturated rings. The highest BCUT2D eigenvalue weighted by molar-refractivity contribution is 7.99. The summed E-state index contributed by atoms with van der Waals surface area (Å²) in [7, 11) is 0. The van der Waals surface area contributed by atoms with Gasteiger partial charge >= 0.3 is 0 Å². The zero-order valence-corrected chi connectivity index (χ0v) is 16.4. The van der Waals surface area contributed by atoms with Crippen molar-refractivity contribution < 1.29 is 4.79 Å². The maximum Gasteiger partial charge on any atom is 0.226 e. The summed E-state index contributed by atoms with van der Waals surface area (Å²) in [5, 5.41) is 3.43. The number of piperidine rings is 1. The molecule has 0 unspecified atom stereocenters. The minimum atomic E-state index is 0.0382. The van der Waals surface area contributed by atoms with Gasteiger partial charge in [-0.15, -0.1) is 0 Å². The van der Waals surface area contributed by atoms with Crippen LogP contribution in [0.2, 0.25) is 0 Å². The fourth-order valence-corrected chi connectivity index (χ4v) is 8.40. The Bertz CT molecular complexity index is 473. The Morgan fingerprint density at radius 2 is 1.64 bits per heavy atom. The van der Waals surface area contributed by atoms with Crippen LogP contribution in [0.1, 0.15) is 57.8 Å². The lowest BCUT2D eigenvalue weighted by molar-refractivity contribution is -0.146. The molecule has 4 bridgehead atoms. The van der Waals surface area contributed by atoms with E-state index in [0.29, 0.717) is 11.8 Å². The molecular weight excluding hydrogens is 328 g/mol. The molecule has 3 nitrogen and oxygen atoms in total. The third-order valence-corrected chi connectivity index (χ3v) is 9.29. The lowest BCUT2D eigenvalue weighted by Gasteiger charge is -2.55. The van der Waals surface area contributed by atoms with Crippen molar-refractivity contribution in [2.45, 2.75) is 63.8 Å². The molecule has 4 aliphatic carbocycles. The molecule has 0 aromatic rings. The molecule has 4 saturated carbocycles. The first-order chi connectivity index (χ1) is 12.2. The van der Waals surface area contributed by atoms with E-state index in [1.807, 2.05) is 0 Å². The second kappa shape index (κ2) is 6.74. The number of nitrogens with one attached hydrogen (secondary N) is 1. The average Bonchev–Trinajstić information content (AvgIpc) is 3.13. The summed E-state index contributed by atoms with van der Waals surface area (Å²) >= 11 is 2.12. The SMILES string of the molecule is O=C(NCC1CCN([C@H]2CCSC2)CC1)C12CC3CC(CC(C3)C1)C2. The number of thioether (sulfide) groups is 1. The number of carbonyl (C=O) groups excluding carboxylic acids is 1. The maximum atomic E-state index is 13.1. The largest absolute Gasteiger partial charge is 0.355 e. The molecule has 2 saturated heterocycles. The first kappa shape index (κ1) is 16.9. The van der Waals surface area contributed by atoms with Crippen LogP contribution in [0.4, 0.5) is 0 Å². The number of hydrogen-bond donors (Lipinski definition) is 1. The van der Waals surface area contributed by atoms with Gasteiger partial charge in [-0.05, 0) is 100 Å². The predicted octanol–water partition coefficient (Wildman–Crippen LogP) is 3.54. The maximum absolute atomic E-state index is 13.1. The zero-order valence-electron chi connectivity index (χ0n) is 15.5. The molecule has 2 heterocycles. The fraction of sp³-hybridized carbons (Fsp3) is 0.952. The van der Waals surface area contributed by atoms with Gasteiger partial charge < -0.3 is 5.32 Å². The van der Waals surface area contributed by atoms with Crippen molar-refractivity contribution >= 4 is 17.7 Å². The number of hydrogen-bond acceptors (Lipinski definition) is 3. The Morgan fingerprint density at radius 1 is 1.00 bits per heavy atom. The van der Waals surface area contributed by atoms with Crippen molar-refractivity contribution in [1.82, 2.24) is 10.2 Å². The Morgan fingerprint density at radius 3 is 2.20 bits per heavy atom. The first-order valence-electron chi connectivity index (χ1n) is 10.8. The monoisotopic (exact) mass is 362 g/mol. The summed E-state index contributed by atoms with van der Waals surface area (Å²) in [6, 6.07) is 0.840. The van der Waals surface area contributed by atoms with Crippen LogP contribution in [0.3, 0.4) is 0 Å². The summed E-state index contributed by atoms with van der Waals surface area (Å²) in [6.45, 7) is 3.44. The van der Waals surface area contributed by atoms with Crippen molar-refractivity contribution in [2.24, 2.45) is 29.1 Å². The van der Waals surface area contributed by atoms with Crippen LogP contribution in [0.25, 0.3) is 0 Å². The van der Waals surface area contributed by atoms with Crippen LogP contribution in [0.15, 0.2) is 0 Å². The van der Waals surface area contributed by atoms with Crippen LogP contribution >= 0.6 is 11.8 Å². The lowest BCUT2D eigenvalue weighted by Crippen LogP contribution is -2.54. The molecule has 25 heavy (non-hydrogen) atoms. The van der Waals surface area contributed by atoms with Gasteiger partial charge in [0.2, 0.25) is 5.91 Å². The van der Waals surface area contributed by atoms with E-state index in [4.69, 9.17) is 0 Å². The molecule has 0 spiro atoms.